The Morgan fingerprint density at radius 3 is 1.50 bits per heavy atom. The van der Waals surface area contributed by atoms with E-state index in [9.17, 15) is 0 Å². The van der Waals surface area contributed by atoms with Crippen molar-refractivity contribution >= 4 is 14.5 Å². The molecule has 126 valence electrons. The Morgan fingerprint density at radius 2 is 1.04 bits per heavy atom. The van der Waals surface area contributed by atoms with E-state index in [1.54, 1.807) is 7.11 Å². The van der Waals surface area contributed by atoms with Crippen molar-refractivity contribution in [2.24, 2.45) is 0 Å². The second-order valence-corrected chi connectivity index (χ2v) is 8.31. The predicted octanol–water partition coefficient (Wildman–Crippen LogP) is 6.03. The molecule has 0 saturated heterocycles. The van der Waals surface area contributed by atoms with Crippen LogP contribution in [0.1, 0.15) is 0 Å². The van der Waals surface area contributed by atoms with E-state index in [1.807, 2.05) is 12.1 Å². The number of benzene rings is 3. The maximum absolute atomic E-state index is 5.30. The van der Waals surface area contributed by atoms with Crippen molar-refractivity contribution in [3.8, 4) is 36.9 Å². The molecule has 26 heavy (non-hydrogen) atoms. The Kier molecular flexibility index (Phi) is 4.97. The van der Waals surface area contributed by atoms with Gasteiger partial charge < -0.3 is 0 Å². The van der Waals surface area contributed by atoms with Gasteiger partial charge in [0.05, 0.1) is 0 Å². The quantitative estimate of drug-likeness (QED) is 0.379. The summed E-state index contributed by atoms with van der Waals surface area (Å²) in [6.07, 6.45) is 0. The van der Waals surface area contributed by atoms with Gasteiger partial charge in [-0.3, -0.25) is 0 Å². The first kappa shape index (κ1) is 16.8. The Hall–Kier alpha value is -2.67. The van der Waals surface area contributed by atoms with Crippen molar-refractivity contribution in [3.05, 3.63) is 97.1 Å². The average molecular weight is 402 g/mol. The molecule has 0 N–H and O–H groups in total. The zero-order valence-corrected chi connectivity index (χ0v) is 16.3. The van der Waals surface area contributed by atoms with Crippen LogP contribution in [0.2, 0.25) is 0 Å². The summed E-state index contributed by atoms with van der Waals surface area (Å²) in [6.45, 7) is 0. The van der Waals surface area contributed by atoms with Crippen molar-refractivity contribution in [3.63, 3.8) is 0 Å². The van der Waals surface area contributed by atoms with Gasteiger partial charge >= 0.3 is 160 Å². The van der Waals surface area contributed by atoms with Gasteiger partial charge in [0.25, 0.3) is 0 Å². The summed E-state index contributed by atoms with van der Waals surface area (Å²) >= 11 is 0.276. The van der Waals surface area contributed by atoms with Crippen LogP contribution in [0.5, 0.6) is 5.75 Å². The summed E-state index contributed by atoms with van der Waals surface area (Å²) < 4.78 is 8.12. The summed E-state index contributed by atoms with van der Waals surface area (Å²) in [6, 6.07) is 34.4. The maximum atomic E-state index is 5.30. The van der Waals surface area contributed by atoms with E-state index in [4.69, 9.17) is 4.74 Å². The van der Waals surface area contributed by atoms with Crippen LogP contribution in [0.4, 0.5) is 0 Å². The number of rotatable bonds is 4. The first-order valence-electron chi connectivity index (χ1n) is 8.57. The summed E-state index contributed by atoms with van der Waals surface area (Å²) in [5, 5.41) is 0. The molecule has 0 unspecified atom stereocenters. The second kappa shape index (κ2) is 7.70. The fourth-order valence-electron chi connectivity index (χ4n) is 2.94. The molecular weight excluding hydrogens is 383 g/mol. The average Bonchev–Trinajstić information content (AvgIpc) is 2.75. The normalized spacial score (nSPS) is 10.5. The third-order valence-electron chi connectivity index (χ3n) is 4.33. The van der Waals surface area contributed by atoms with Crippen LogP contribution in [-0.4, -0.2) is 21.6 Å². The van der Waals surface area contributed by atoms with Gasteiger partial charge in [0.1, 0.15) is 0 Å². The Morgan fingerprint density at radius 1 is 0.538 bits per heavy atom. The molecule has 2 heteroatoms. The van der Waals surface area contributed by atoms with E-state index >= 15 is 0 Å². The van der Waals surface area contributed by atoms with Gasteiger partial charge in [-0.2, -0.15) is 0 Å². The van der Waals surface area contributed by atoms with Gasteiger partial charge in [0, 0.05) is 0 Å². The molecule has 0 aliphatic rings. The molecule has 4 rings (SSSR count). The van der Waals surface area contributed by atoms with E-state index in [0.29, 0.717) is 0 Å². The third kappa shape index (κ3) is 3.62. The topological polar surface area (TPSA) is 9.23 Å². The van der Waals surface area contributed by atoms with Gasteiger partial charge in [0.2, 0.25) is 0 Å². The number of methoxy groups -OCH3 is 1. The molecule has 1 nitrogen and oxygen atoms in total. The minimum atomic E-state index is 0.276. The molecule has 0 saturated carbocycles. The summed E-state index contributed by atoms with van der Waals surface area (Å²) in [4.78, 5) is 0. The van der Waals surface area contributed by atoms with Crippen LogP contribution in [-0.2, 0) is 0 Å². The zero-order valence-electron chi connectivity index (χ0n) is 14.6. The molecule has 0 atom stereocenters. The fraction of sp³-hybridized carbons (Fsp3) is 0.0417. The van der Waals surface area contributed by atoms with Crippen LogP contribution in [0.3, 0.4) is 0 Å². The van der Waals surface area contributed by atoms with Crippen LogP contribution in [0.25, 0.3) is 31.1 Å². The third-order valence-corrected chi connectivity index (χ3v) is 6.74. The Balaban J connectivity index is 1.87. The molecular formula is C24H19OSe+. The Bertz CT molecular complexity index is 936. The van der Waals surface area contributed by atoms with Crippen molar-refractivity contribution in [1.29, 1.82) is 0 Å². The summed E-state index contributed by atoms with van der Waals surface area (Å²) in [5.41, 5.74) is 5.07. The zero-order chi connectivity index (χ0) is 17.8. The number of hydrogen-bond donors (Lipinski definition) is 0. The SMILES string of the molecule is COc1ccc(-c2cc(-c3ccccc3)[se+]c(-c3ccccc3)c2)cc1. The van der Waals surface area contributed by atoms with Crippen molar-refractivity contribution < 1.29 is 4.74 Å². The predicted molar refractivity (Wildman–Crippen MR) is 111 cm³/mol. The minimum absolute atomic E-state index is 0.276. The van der Waals surface area contributed by atoms with Crippen molar-refractivity contribution in [2.45, 2.75) is 0 Å². The van der Waals surface area contributed by atoms with Gasteiger partial charge in [-0.1, -0.05) is 0 Å². The van der Waals surface area contributed by atoms with E-state index in [-0.39, 0.29) is 14.5 Å². The van der Waals surface area contributed by atoms with Crippen LogP contribution < -0.4 is 4.74 Å². The van der Waals surface area contributed by atoms with Crippen LogP contribution >= 0.6 is 0 Å². The summed E-state index contributed by atoms with van der Waals surface area (Å²) in [7, 11) is 1.70. The molecule has 0 aliphatic heterocycles. The molecule has 0 amide bonds. The molecule has 0 aliphatic carbocycles. The molecule has 0 spiro atoms. The molecule has 4 aromatic rings. The molecule has 0 fully saturated rings. The monoisotopic (exact) mass is 403 g/mol. The van der Waals surface area contributed by atoms with Crippen molar-refractivity contribution in [2.75, 3.05) is 7.11 Å². The molecule has 0 radical (unpaired) electrons. The van der Waals surface area contributed by atoms with Gasteiger partial charge in [-0.05, 0) is 0 Å². The van der Waals surface area contributed by atoms with Crippen LogP contribution in [0.15, 0.2) is 97.1 Å². The fourth-order valence-corrected chi connectivity index (χ4v) is 5.28. The Labute approximate surface area is 160 Å². The van der Waals surface area contributed by atoms with Gasteiger partial charge in [-0.15, -0.1) is 0 Å². The molecule has 1 heterocycles. The van der Waals surface area contributed by atoms with Gasteiger partial charge in [-0.25, -0.2) is 0 Å². The standard InChI is InChI=1S/C24H19OSe/c1-25-22-14-12-18(13-15-22)21-16-23(19-8-4-2-5-9-19)26-24(17-21)20-10-6-3-7-11-20/h2-17H,1H3/q+1. The van der Waals surface area contributed by atoms with Gasteiger partial charge in [0.15, 0.2) is 0 Å². The summed E-state index contributed by atoms with van der Waals surface area (Å²) in [5.74, 6) is 0.883. The van der Waals surface area contributed by atoms with E-state index < -0.39 is 0 Å². The molecule has 0 bridgehead atoms. The van der Waals surface area contributed by atoms with E-state index in [2.05, 4.69) is 84.9 Å². The number of ether oxygens (including phenoxy) is 1. The van der Waals surface area contributed by atoms with E-state index in [1.165, 1.54) is 31.1 Å². The number of hydrogen-bond acceptors (Lipinski definition) is 1. The van der Waals surface area contributed by atoms with E-state index in [0.717, 1.165) is 5.75 Å². The molecule has 3 aromatic carbocycles. The first-order valence-corrected chi connectivity index (χ1v) is 10.3. The molecule has 1 aromatic heterocycles. The first-order chi connectivity index (χ1) is 12.8. The van der Waals surface area contributed by atoms with Crippen LogP contribution in [0, 0.1) is 0 Å². The van der Waals surface area contributed by atoms with Crippen molar-refractivity contribution in [1.82, 2.24) is 0 Å². The second-order valence-electron chi connectivity index (χ2n) is 6.04.